The van der Waals surface area contributed by atoms with E-state index in [1.165, 1.54) is 51.7 Å². The topological polar surface area (TPSA) is 15.3 Å². The summed E-state index contributed by atoms with van der Waals surface area (Å²) in [5, 5.41) is 3.68. The lowest BCUT2D eigenvalue weighted by atomic mass is 10.0. The Bertz CT molecular complexity index is 159. The van der Waals surface area contributed by atoms with Crippen LogP contribution in [0.4, 0.5) is 0 Å². The quantitative estimate of drug-likeness (QED) is 0.728. The van der Waals surface area contributed by atoms with Crippen molar-refractivity contribution in [3.63, 3.8) is 0 Å². The molecule has 1 aliphatic heterocycles. The summed E-state index contributed by atoms with van der Waals surface area (Å²) in [6.07, 6.45) is 6.80. The van der Waals surface area contributed by atoms with Crippen molar-refractivity contribution in [1.82, 2.24) is 10.2 Å². The van der Waals surface area contributed by atoms with E-state index in [0.29, 0.717) is 6.04 Å². The van der Waals surface area contributed by atoms with E-state index in [-0.39, 0.29) is 0 Å². The maximum atomic E-state index is 3.68. The lowest BCUT2D eigenvalue weighted by Gasteiger charge is -2.35. The Balaban J connectivity index is 2.22. The number of hydrogen-bond donors (Lipinski definition) is 1. The molecule has 0 aromatic heterocycles. The molecule has 2 atom stereocenters. The highest BCUT2D eigenvalue weighted by atomic mass is 15.2. The van der Waals surface area contributed by atoms with E-state index in [0.717, 1.165) is 6.04 Å². The predicted octanol–water partition coefficient (Wildman–Crippen LogP) is 2.64. The van der Waals surface area contributed by atoms with Gasteiger partial charge in [0, 0.05) is 18.6 Å². The Morgan fingerprint density at radius 2 is 2.13 bits per heavy atom. The van der Waals surface area contributed by atoms with Crippen LogP contribution >= 0.6 is 0 Å². The molecule has 1 aliphatic rings. The lowest BCUT2D eigenvalue weighted by molar-refractivity contribution is 0.150. The molecule has 15 heavy (non-hydrogen) atoms. The molecule has 90 valence electrons. The van der Waals surface area contributed by atoms with E-state index >= 15 is 0 Å². The molecular weight excluding hydrogens is 184 g/mol. The van der Waals surface area contributed by atoms with Crippen LogP contribution in [0.15, 0.2) is 0 Å². The van der Waals surface area contributed by atoms with Gasteiger partial charge in [-0.1, -0.05) is 26.7 Å². The zero-order valence-corrected chi connectivity index (χ0v) is 10.8. The molecule has 2 unspecified atom stereocenters. The monoisotopic (exact) mass is 212 g/mol. The zero-order chi connectivity index (χ0) is 11.1. The third kappa shape index (κ3) is 4.52. The first kappa shape index (κ1) is 13.0. The van der Waals surface area contributed by atoms with Crippen LogP contribution in [0.2, 0.25) is 0 Å². The lowest BCUT2D eigenvalue weighted by Crippen LogP contribution is -2.46. The molecule has 1 rings (SSSR count). The van der Waals surface area contributed by atoms with E-state index in [9.17, 15) is 0 Å². The minimum Gasteiger partial charge on any atom is -0.313 e. The zero-order valence-electron chi connectivity index (χ0n) is 10.8. The van der Waals surface area contributed by atoms with Gasteiger partial charge in [0.25, 0.3) is 0 Å². The predicted molar refractivity (Wildman–Crippen MR) is 67.3 cm³/mol. The van der Waals surface area contributed by atoms with E-state index in [1.807, 2.05) is 0 Å². The molecule has 0 spiro atoms. The third-order valence-electron chi connectivity index (χ3n) is 3.58. The van der Waals surface area contributed by atoms with Gasteiger partial charge in [0.15, 0.2) is 0 Å². The summed E-state index contributed by atoms with van der Waals surface area (Å²) in [6, 6.07) is 1.48. The van der Waals surface area contributed by atoms with Crippen LogP contribution in [-0.2, 0) is 0 Å². The molecule has 2 heteroatoms. The van der Waals surface area contributed by atoms with Crippen molar-refractivity contribution in [3.8, 4) is 0 Å². The van der Waals surface area contributed by atoms with Crippen molar-refractivity contribution < 1.29 is 0 Å². The standard InChI is InChI=1S/C13H28N2/c1-4-8-12(3)14-11-13-9-6-7-10-15(13)5-2/h12-14H,4-11H2,1-3H3. The number of piperidine rings is 1. The Morgan fingerprint density at radius 1 is 1.33 bits per heavy atom. The average molecular weight is 212 g/mol. The molecule has 2 nitrogen and oxygen atoms in total. The first-order chi connectivity index (χ1) is 7.27. The highest BCUT2D eigenvalue weighted by molar-refractivity contribution is 4.78. The van der Waals surface area contributed by atoms with Gasteiger partial charge >= 0.3 is 0 Å². The fourth-order valence-electron chi connectivity index (χ4n) is 2.58. The third-order valence-corrected chi connectivity index (χ3v) is 3.58. The summed E-state index contributed by atoms with van der Waals surface area (Å²) in [7, 11) is 0. The molecule has 0 saturated carbocycles. The molecule has 0 aromatic carbocycles. The maximum Gasteiger partial charge on any atom is 0.0220 e. The summed E-state index contributed by atoms with van der Waals surface area (Å²) in [6.45, 7) is 10.6. The van der Waals surface area contributed by atoms with E-state index < -0.39 is 0 Å². The van der Waals surface area contributed by atoms with E-state index in [1.54, 1.807) is 0 Å². The van der Waals surface area contributed by atoms with Gasteiger partial charge in [0.05, 0.1) is 0 Å². The minimum atomic E-state index is 0.690. The molecule has 1 fully saturated rings. The second-order valence-corrected chi connectivity index (χ2v) is 4.88. The van der Waals surface area contributed by atoms with Gasteiger partial charge in [-0.25, -0.2) is 0 Å². The van der Waals surface area contributed by atoms with Gasteiger partial charge < -0.3 is 5.32 Å². The van der Waals surface area contributed by atoms with Crippen molar-refractivity contribution in [2.45, 2.75) is 65.0 Å². The second kappa shape index (κ2) is 7.24. The van der Waals surface area contributed by atoms with Gasteiger partial charge in [0.2, 0.25) is 0 Å². The molecule has 0 aromatic rings. The number of hydrogen-bond acceptors (Lipinski definition) is 2. The van der Waals surface area contributed by atoms with Crippen LogP contribution in [0, 0.1) is 0 Å². The SMILES string of the molecule is CCCC(C)NCC1CCCCN1CC. The van der Waals surface area contributed by atoms with Crippen LogP contribution < -0.4 is 5.32 Å². The Kier molecular flexibility index (Phi) is 6.26. The van der Waals surface area contributed by atoms with Crippen molar-refractivity contribution in [1.29, 1.82) is 0 Å². The summed E-state index contributed by atoms with van der Waals surface area (Å²) >= 11 is 0. The van der Waals surface area contributed by atoms with Gasteiger partial charge in [-0.15, -0.1) is 0 Å². The fourth-order valence-corrected chi connectivity index (χ4v) is 2.58. The molecule has 1 saturated heterocycles. The van der Waals surface area contributed by atoms with E-state index in [4.69, 9.17) is 0 Å². The van der Waals surface area contributed by atoms with Gasteiger partial charge in [-0.05, 0) is 39.3 Å². The molecular formula is C13H28N2. The summed E-state index contributed by atoms with van der Waals surface area (Å²) in [4.78, 5) is 2.63. The summed E-state index contributed by atoms with van der Waals surface area (Å²) in [5.74, 6) is 0. The van der Waals surface area contributed by atoms with E-state index in [2.05, 4.69) is 31.0 Å². The minimum absolute atomic E-state index is 0.690. The first-order valence-corrected chi connectivity index (χ1v) is 6.75. The Morgan fingerprint density at radius 3 is 2.80 bits per heavy atom. The van der Waals surface area contributed by atoms with Crippen molar-refractivity contribution in [2.75, 3.05) is 19.6 Å². The van der Waals surface area contributed by atoms with Gasteiger partial charge in [-0.2, -0.15) is 0 Å². The average Bonchev–Trinajstić information content (AvgIpc) is 2.27. The second-order valence-electron chi connectivity index (χ2n) is 4.88. The van der Waals surface area contributed by atoms with Gasteiger partial charge in [0.1, 0.15) is 0 Å². The Hall–Kier alpha value is -0.0800. The normalized spacial score (nSPS) is 25.4. The number of likely N-dealkylation sites (N-methyl/N-ethyl adjacent to an activating group) is 1. The molecule has 1 N–H and O–H groups in total. The molecule has 1 heterocycles. The summed E-state index contributed by atoms with van der Waals surface area (Å²) < 4.78 is 0. The number of nitrogens with zero attached hydrogens (tertiary/aromatic N) is 1. The van der Waals surface area contributed by atoms with Crippen LogP contribution in [0.1, 0.15) is 52.9 Å². The fraction of sp³-hybridized carbons (Fsp3) is 1.00. The molecule has 0 aliphatic carbocycles. The van der Waals surface area contributed by atoms with Crippen LogP contribution in [-0.4, -0.2) is 36.6 Å². The smallest absolute Gasteiger partial charge is 0.0220 e. The van der Waals surface area contributed by atoms with Crippen LogP contribution in [0.25, 0.3) is 0 Å². The van der Waals surface area contributed by atoms with Crippen LogP contribution in [0.3, 0.4) is 0 Å². The Labute approximate surface area is 95.4 Å². The highest BCUT2D eigenvalue weighted by Crippen LogP contribution is 2.15. The van der Waals surface area contributed by atoms with Crippen LogP contribution in [0.5, 0.6) is 0 Å². The largest absolute Gasteiger partial charge is 0.313 e. The number of likely N-dealkylation sites (tertiary alicyclic amines) is 1. The highest BCUT2D eigenvalue weighted by Gasteiger charge is 2.20. The van der Waals surface area contributed by atoms with Crippen molar-refractivity contribution >= 4 is 0 Å². The summed E-state index contributed by atoms with van der Waals surface area (Å²) in [5.41, 5.74) is 0. The number of nitrogens with one attached hydrogen (secondary N) is 1. The number of rotatable bonds is 6. The van der Waals surface area contributed by atoms with Crippen molar-refractivity contribution in [2.24, 2.45) is 0 Å². The molecule has 0 bridgehead atoms. The maximum absolute atomic E-state index is 3.68. The first-order valence-electron chi connectivity index (χ1n) is 6.75. The van der Waals surface area contributed by atoms with Crippen molar-refractivity contribution in [3.05, 3.63) is 0 Å². The molecule has 0 amide bonds. The van der Waals surface area contributed by atoms with Gasteiger partial charge in [-0.3, -0.25) is 4.90 Å². The molecule has 0 radical (unpaired) electrons.